The Balaban J connectivity index is 2.20. The highest BCUT2D eigenvalue weighted by atomic mass is 16.2. The number of anilines is 1. The first-order chi connectivity index (χ1) is 9.13. The average Bonchev–Trinajstić information content (AvgIpc) is 2.42. The Morgan fingerprint density at radius 1 is 1.42 bits per heavy atom. The van der Waals surface area contributed by atoms with Crippen LogP contribution in [0.25, 0.3) is 0 Å². The van der Waals surface area contributed by atoms with Gasteiger partial charge in [-0.05, 0) is 24.0 Å². The first-order valence-corrected chi connectivity index (χ1v) is 6.51. The normalized spacial score (nSPS) is 17.8. The van der Waals surface area contributed by atoms with E-state index in [0.29, 0.717) is 25.6 Å². The second-order valence-electron chi connectivity index (χ2n) is 4.90. The number of nitrogens with one attached hydrogen (secondary N) is 1. The third kappa shape index (κ3) is 2.93. The number of carbonyl (C=O) groups excluding carboxylic acids is 2. The molecular formula is C14H19N3O2. The maximum atomic E-state index is 12.2. The number of fused-ring (bicyclic) bond motifs is 1. The molecule has 0 bridgehead atoms. The van der Waals surface area contributed by atoms with Gasteiger partial charge in [-0.1, -0.05) is 25.1 Å². The Labute approximate surface area is 112 Å². The quantitative estimate of drug-likeness (QED) is 0.751. The third-order valence-electron chi connectivity index (χ3n) is 3.21. The summed E-state index contributed by atoms with van der Waals surface area (Å²) in [7, 11) is 0. The van der Waals surface area contributed by atoms with E-state index in [2.05, 4.69) is 12.2 Å². The molecule has 1 aliphatic rings. The number of amides is 2. The van der Waals surface area contributed by atoms with Crippen LogP contribution >= 0.6 is 0 Å². The molecule has 0 fully saturated rings. The van der Waals surface area contributed by atoms with E-state index in [4.69, 9.17) is 5.73 Å². The number of hydrogen-bond acceptors (Lipinski definition) is 3. The van der Waals surface area contributed by atoms with Crippen molar-refractivity contribution in [3.8, 4) is 0 Å². The van der Waals surface area contributed by atoms with Gasteiger partial charge in [0.15, 0.2) is 0 Å². The monoisotopic (exact) mass is 261 g/mol. The number of benzene rings is 1. The van der Waals surface area contributed by atoms with Gasteiger partial charge in [0.25, 0.3) is 0 Å². The van der Waals surface area contributed by atoms with Crippen molar-refractivity contribution in [2.75, 3.05) is 24.5 Å². The van der Waals surface area contributed by atoms with Crippen LogP contribution in [0.1, 0.15) is 12.5 Å². The van der Waals surface area contributed by atoms with Crippen LogP contribution in [0.4, 0.5) is 5.69 Å². The van der Waals surface area contributed by atoms with Gasteiger partial charge in [0.1, 0.15) is 0 Å². The fraction of sp³-hybridized carbons (Fsp3) is 0.429. The van der Waals surface area contributed by atoms with Crippen molar-refractivity contribution in [2.45, 2.75) is 13.3 Å². The van der Waals surface area contributed by atoms with E-state index in [1.54, 1.807) is 4.90 Å². The largest absolute Gasteiger partial charge is 0.347 e. The van der Waals surface area contributed by atoms with Crippen LogP contribution in [0.5, 0.6) is 0 Å². The minimum absolute atomic E-state index is 0.315. The van der Waals surface area contributed by atoms with Crippen LogP contribution in [-0.4, -0.2) is 31.4 Å². The summed E-state index contributed by atoms with van der Waals surface area (Å²) < 4.78 is 0. The summed E-state index contributed by atoms with van der Waals surface area (Å²) in [4.78, 5) is 25.5. The Kier molecular flexibility index (Phi) is 4.16. The standard InChI is InChI=1S/C14H19N3O2/c1-10-8-11-4-2-3-5-12(11)17(9-10)14(19)13(18)16-7-6-15/h2-5,10H,6-9,15H2,1H3,(H,16,18). The molecule has 5 heteroatoms. The van der Waals surface area contributed by atoms with Crippen molar-refractivity contribution >= 4 is 17.5 Å². The SMILES string of the molecule is CC1Cc2ccccc2N(C(=O)C(=O)NCCN)C1. The van der Waals surface area contributed by atoms with Crippen molar-refractivity contribution in [3.63, 3.8) is 0 Å². The summed E-state index contributed by atoms with van der Waals surface area (Å²) in [5, 5.41) is 2.52. The van der Waals surface area contributed by atoms with E-state index in [-0.39, 0.29) is 0 Å². The Morgan fingerprint density at radius 3 is 2.89 bits per heavy atom. The molecule has 0 spiro atoms. The molecule has 0 saturated carbocycles. The van der Waals surface area contributed by atoms with Crippen molar-refractivity contribution in [1.29, 1.82) is 0 Å². The molecule has 0 saturated heterocycles. The summed E-state index contributed by atoms with van der Waals surface area (Å²) in [5.41, 5.74) is 7.27. The molecule has 1 aromatic carbocycles. The Morgan fingerprint density at radius 2 is 2.16 bits per heavy atom. The van der Waals surface area contributed by atoms with Gasteiger partial charge in [-0.25, -0.2) is 0 Å². The number of para-hydroxylation sites is 1. The molecule has 0 aliphatic carbocycles. The van der Waals surface area contributed by atoms with Crippen LogP contribution in [0.15, 0.2) is 24.3 Å². The van der Waals surface area contributed by atoms with E-state index in [1.165, 1.54) is 0 Å². The number of nitrogens with two attached hydrogens (primary N) is 1. The van der Waals surface area contributed by atoms with Gasteiger partial charge < -0.3 is 16.0 Å². The smallest absolute Gasteiger partial charge is 0.316 e. The van der Waals surface area contributed by atoms with E-state index in [0.717, 1.165) is 17.7 Å². The molecule has 0 radical (unpaired) electrons. The number of carbonyl (C=O) groups is 2. The maximum Gasteiger partial charge on any atom is 0.316 e. The highest BCUT2D eigenvalue weighted by molar-refractivity contribution is 6.40. The van der Waals surface area contributed by atoms with E-state index < -0.39 is 11.8 Å². The van der Waals surface area contributed by atoms with Crippen LogP contribution in [0, 0.1) is 5.92 Å². The molecule has 1 aromatic rings. The molecule has 2 rings (SSSR count). The molecule has 102 valence electrons. The second-order valence-corrected chi connectivity index (χ2v) is 4.90. The van der Waals surface area contributed by atoms with Crippen LogP contribution in [-0.2, 0) is 16.0 Å². The first-order valence-electron chi connectivity index (χ1n) is 6.51. The molecule has 0 aromatic heterocycles. The van der Waals surface area contributed by atoms with Crippen molar-refractivity contribution in [1.82, 2.24) is 5.32 Å². The van der Waals surface area contributed by atoms with Gasteiger partial charge >= 0.3 is 11.8 Å². The number of rotatable bonds is 2. The molecule has 2 amide bonds. The highest BCUT2D eigenvalue weighted by Crippen LogP contribution is 2.29. The van der Waals surface area contributed by atoms with Crippen molar-refractivity contribution in [2.24, 2.45) is 11.7 Å². The van der Waals surface area contributed by atoms with Crippen molar-refractivity contribution < 1.29 is 9.59 Å². The second kappa shape index (κ2) is 5.84. The van der Waals surface area contributed by atoms with Crippen LogP contribution < -0.4 is 16.0 Å². The lowest BCUT2D eigenvalue weighted by molar-refractivity contribution is -0.137. The van der Waals surface area contributed by atoms with Crippen LogP contribution in [0.3, 0.4) is 0 Å². The Hall–Kier alpha value is -1.88. The summed E-state index contributed by atoms with van der Waals surface area (Å²) >= 11 is 0. The van der Waals surface area contributed by atoms with Crippen molar-refractivity contribution in [3.05, 3.63) is 29.8 Å². The summed E-state index contributed by atoms with van der Waals surface area (Å²) in [6.07, 6.45) is 0.935. The number of hydrogen-bond donors (Lipinski definition) is 2. The minimum atomic E-state index is -0.589. The topological polar surface area (TPSA) is 75.4 Å². The average molecular weight is 261 g/mol. The zero-order chi connectivity index (χ0) is 13.8. The molecule has 19 heavy (non-hydrogen) atoms. The minimum Gasteiger partial charge on any atom is -0.347 e. The van der Waals surface area contributed by atoms with Gasteiger partial charge in [-0.15, -0.1) is 0 Å². The zero-order valence-corrected chi connectivity index (χ0v) is 11.1. The van der Waals surface area contributed by atoms with E-state index >= 15 is 0 Å². The lowest BCUT2D eigenvalue weighted by Gasteiger charge is -2.32. The summed E-state index contributed by atoms with van der Waals surface area (Å²) in [6, 6.07) is 7.72. The molecule has 1 aliphatic heterocycles. The zero-order valence-electron chi connectivity index (χ0n) is 11.1. The molecule has 3 N–H and O–H groups in total. The predicted molar refractivity (Wildman–Crippen MR) is 73.7 cm³/mol. The fourth-order valence-electron chi connectivity index (χ4n) is 2.37. The van der Waals surface area contributed by atoms with E-state index in [1.807, 2.05) is 24.3 Å². The van der Waals surface area contributed by atoms with Gasteiger partial charge in [-0.2, -0.15) is 0 Å². The third-order valence-corrected chi connectivity index (χ3v) is 3.21. The summed E-state index contributed by atoms with van der Waals surface area (Å²) in [6.45, 7) is 3.29. The molecular weight excluding hydrogens is 242 g/mol. The maximum absolute atomic E-state index is 12.2. The number of nitrogens with zero attached hydrogens (tertiary/aromatic N) is 1. The molecule has 1 heterocycles. The van der Waals surface area contributed by atoms with Gasteiger partial charge in [-0.3, -0.25) is 9.59 Å². The van der Waals surface area contributed by atoms with E-state index in [9.17, 15) is 9.59 Å². The first kappa shape index (κ1) is 13.5. The van der Waals surface area contributed by atoms with Gasteiger partial charge in [0.2, 0.25) is 0 Å². The lowest BCUT2D eigenvalue weighted by atomic mass is 9.94. The van der Waals surface area contributed by atoms with Crippen LogP contribution in [0.2, 0.25) is 0 Å². The highest BCUT2D eigenvalue weighted by Gasteiger charge is 2.29. The fourth-order valence-corrected chi connectivity index (χ4v) is 2.37. The molecule has 1 unspecified atom stereocenters. The molecule has 1 atom stereocenters. The predicted octanol–water partition coefficient (Wildman–Crippen LogP) is 0.287. The summed E-state index contributed by atoms with van der Waals surface area (Å²) in [5.74, 6) is -0.747. The lowest BCUT2D eigenvalue weighted by Crippen LogP contribution is -2.47. The van der Waals surface area contributed by atoms with Gasteiger partial charge in [0, 0.05) is 25.3 Å². The molecule has 5 nitrogen and oxygen atoms in total. The Bertz CT molecular complexity index is 487. The van der Waals surface area contributed by atoms with Gasteiger partial charge in [0.05, 0.1) is 0 Å².